The van der Waals surface area contributed by atoms with Crippen molar-refractivity contribution in [2.75, 3.05) is 12.4 Å². The average Bonchev–Trinajstić information content (AvgIpc) is 3.36. The van der Waals surface area contributed by atoms with Gasteiger partial charge in [0.15, 0.2) is 0 Å². The maximum Gasteiger partial charge on any atom is 0.250 e. The van der Waals surface area contributed by atoms with E-state index < -0.39 is 41.3 Å². The Morgan fingerprint density at radius 2 is 1.88 bits per heavy atom. The van der Waals surface area contributed by atoms with Gasteiger partial charge in [-0.15, -0.1) is 0 Å². The zero-order valence-electron chi connectivity index (χ0n) is 19.0. The zero-order chi connectivity index (χ0) is 23.7. The van der Waals surface area contributed by atoms with Gasteiger partial charge < -0.3 is 15.2 Å². The number of fused-ring (bicyclic) bond motifs is 4. The molecule has 0 aromatic heterocycles. The molecule has 2 aromatic rings. The summed E-state index contributed by atoms with van der Waals surface area (Å²) in [5.41, 5.74) is 2.43. The molecule has 172 valence electrons. The summed E-state index contributed by atoms with van der Waals surface area (Å²) in [6.45, 7) is 5.44. The number of methoxy groups -OCH3 is 1. The van der Waals surface area contributed by atoms with Crippen LogP contribution >= 0.6 is 0 Å². The van der Waals surface area contributed by atoms with Crippen LogP contribution in [0.1, 0.15) is 29.2 Å². The van der Waals surface area contributed by atoms with Crippen molar-refractivity contribution in [2.45, 2.75) is 45.0 Å². The Morgan fingerprint density at radius 1 is 1.15 bits per heavy atom. The Labute approximate surface area is 191 Å². The molecule has 0 aliphatic carbocycles. The number of benzene rings is 2. The van der Waals surface area contributed by atoms with Gasteiger partial charge in [-0.05, 0) is 32.4 Å². The van der Waals surface area contributed by atoms with E-state index in [0.29, 0.717) is 22.6 Å². The highest BCUT2D eigenvalue weighted by atomic mass is 16.5. The van der Waals surface area contributed by atoms with Crippen molar-refractivity contribution >= 4 is 23.4 Å². The van der Waals surface area contributed by atoms with Gasteiger partial charge >= 0.3 is 0 Å². The molecular weight excluding hydrogens is 422 g/mol. The van der Waals surface area contributed by atoms with Crippen LogP contribution in [0.3, 0.4) is 0 Å². The van der Waals surface area contributed by atoms with Gasteiger partial charge in [0.05, 0.1) is 31.6 Å². The molecule has 2 saturated heterocycles. The van der Waals surface area contributed by atoms with E-state index in [1.165, 1.54) is 12.0 Å². The first-order valence-electron chi connectivity index (χ1n) is 11.1. The number of para-hydroxylation sites is 1. The first-order valence-corrected chi connectivity index (χ1v) is 11.1. The monoisotopic (exact) mass is 449 g/mol. The van der Waals surface area contributed by atoms with Crippen LogP contribution in [0.5, 0.6) is 5.75 Å². The molecule has 0 bridgehead atoms. The molecular formula is C25H27N3O5. The first kappa shape index (κ1) is 21.6. The number of hydrogen-bond acceptors (Lipinski definition) is 6. The lowest BCUT2D eigenvalue weighted by atomic mass is 9.75. The van der Waals surface area contributed by atoms with E-state index in [0.717, 1.165) is 11.1 Å². The number of carbonyl (C=O) groups is 3. The van der Waals surface area contributed by atoms with Crippen molar-refractivity contribution in [3.8, 4) is 5.75 Å². The molecule has 0 radical (unpaired) electrons. The Kier molecular flexibility index (Phi) is 4.84. The van der Waals surface area contributed by atoms with E-state index in [-0.39, 0.29) is 12.5 Å². The number of ether oxygens (including phenoxy) is 1. The van der Waals surface area contributed by atoms with Gasteiger partial charge in [0, 0.05) is 22.9 Å². The first-order chi connectivity index (χ1) is 15.7. The fourth-order valence-corrected chi connectivity index (χ4v) is 5.82. The van der Waals surface area contributed by atoms with Crippen LogP contribution in [0.4, 0.5) is 5.69 Å². The molecule has 3 aliphatic rings. The number of imide groups is 1. The summed E-state index contributed by atoms with van der Waals surface area (Å²) in [6.07, 6.45) is -0.942. The van der Waals surface area contributed by atoms with Crippen LogP contribution in [0.2, 0.25) is 0 Å². The normalized spacial score (nSPS) is 28.8. The molecule has 3 amide bonds. The minimum absolute atomic E-state index is 0.0403. The fourth-order valence-electron chi connectivity index (χ4n) is 5.82. The van der Waals surface area contributed by atoms with Crippen LogP contribution in [-0.4, -0.2) is 47.0 Å². The van der Waals surface area contributed by atoms with Crippen molar-refractivity contribution in [2.24, 2.45) is 11.8 Å². The second kappa shape index (κ2) is 7.40. The SMILES string of the molecule is COc1ccccc1CN1C(=O)[C@@H]2[C@H]([C@@H](C)O)N[C@@]3(C(=O)Nc4c(C)cc(C)cc43)[C@@H]2C1=O. The third kappa shape index (κ3) is 2.87. The van der Waals surface area contributed by atoms with Gasteiger partial charge in [-0.25, -0.2) is 0 Å². The number of carbonyl (C=O) groups excluding carboxylic acids is 3. The number of nitrogens with zero attached hydrogens (tertiary/aromatic N) is 1. The van der Waals surface area contributed by atoms with Crippen molar-refractivity contribution in [3.63, 3.8) is 0 Å². The molecule has 8 nitrogen and oxygen atoms in total. The summed E-state index contributed by atoms with van der Waals surface area (Å²) >= 11 is 0. The second-order valence-electron chi connectivity index (χ2n) is 9.26. The molecule has 3 N–H and O–H groups in total. The lowest BCUT2D eigenvalue weighted by molar-refractivity contribution is -0.143. The third-order valence-electron chi connectivity index (χ3n) is 7.23. The number of aliphatic hydroxyl groups excluding tert-OH is 1. The number of aliphatic hydroxyl groups is 1. The van der Waals surface area contributed by atoms with Crippen molar-refractivity contribution in [1.29, 1.82) is 0 Å². The Bertz CT molecular complexity index is 1190. The maximum atomic E-state index is 13.8. The summed E-state index contributed by atoms with van der Waals surface area (Å²) in [5.74, 6) is -2.42. The molecule has 3 aliphatic heterocycles. The van der Waals surface area contributed by atoms with Crippen LogP contribution in [0.25, 0.3) is 0 Å². The van der Waals surface area contributed by atoms with Gasteiger partial charge in [-0.1, -0.05) is 35.9 Å². The fraction of sp³-hybridized carbons (Fsp3) is 0.400. The predicted octanol–water partition coefficient (Wildman–Crippen LogP) is 1.61. The molecule has 3 heterocycles. The largest absolute Gasteiger partial charge is 0.496 e. The van der Waals surface area contributed by atoms with E-state index in [2.05, 4.69) is 10.6 Å². The van der Waals surface area contributed by atoms with Crippen molar-refractivity contribution in [1.82, 2.24) is 10.2 Å². The van der Waals surface area contributed by atoms with Crippen LogP contribution < -0.4 is 15.4 Å². The lowest BCUT2D eigenvalue weighted by Gasteiger charge is -2.30. The van der Waals surface area contributed by atoms with Crippen LogP contribution in [0, 0.1) is 25.7 Å². The van der Waals surface area contributed by atoms with Crippen LogP contribution in [-0.2, 0) is 26.5 Å². The Balaban J connectivity index is 1.63. The number of anilines is 1. The van der Waals surface area contributed by atoms with Gasteiger partial charge in [-0.3, -0.25) is 24.6 Å². The number of nitrogens with one attached hydrogen (secondary N) is 2. The summed E-state index contributed by atoms with van der Waals surface area (Å²) in [4.78, 5) is 42.1. The zero-order valence-corrected chi connectivity index (χ0v) is 19.0. The minimum atomic E-state index is -1.42. The van der Waals surface area contributed by atoms with E-state index in [4.69, 9.17) is 4.74 Å². The van der Waals surface area contributed by atoms with Gasteiger partial charge in [0.2, 0.25) is 17.7 Å². The second-order valence-corrected chi connectivity index (χ2v) is 9.26. The summed E-state index contributed by atoms with van der Waals surface area (Å²) < 4.78 is 5.40. The number of rotatable bonds is 4. The van der Waals surface area contributed by atoms with E-state index in [9.17, 15) is 19.5 Å². The maximum absolute atomic E-state index is 13.8. The number of hydrogen-bond donors (Lipinski definition) is 3. The van der Waals surface area contributed by atoms with E-state index >= 15 is 0 Å². The third-order valence-corrected chi connectivity index (χ3v) is 7.23. The molecule has 2 fully saturated rings. The molecule has 33 heavy (non-hydrogen) atoms. The quantitative estimate of drug-likeness (QED) is 0.612. The molecule has 5 atom stereocenters. The average molecular weight is 450 g/mol. The molecule has 1 spiro atoms. The summed E-state index contributed by atoms with van der Waals surface area (Å²) in [7, 11) is 1.54. The highest BCUT2D eigenvalue weighted by molar-refractivity contribution is 6.15. The Hall–Kier alpha value is -3.23. The molecule has 2 aromatic carbocycles. The minimum Gasteiger partial charge on any atom is -0.496 e. The summed E-state index contributed by atoms with van der Waals surface area (Å²) in [6, 6.07) is 10.3. The number of aryl methyl sites for hydroxylation is 2. The van der Waals surface area contributed by atoms with Gasteiger partial charge in [0.1, 0.15) is 11.3 Å². The van der Waals surface area contributed by atoms with Crippen molar-refractivity contribution < 1.29 is 24.2 Å². The highest BCUT2D eigenvalue weighted by Gasteiger charge is 2.71. The summed E-state index contributed by atoms with van der Waals surface area (Å²) in [5, 5.41) is 16.7. The molecule has 0 unspecified atom stereocenters. The number of amides is 3. The molecule has 8 heteroatoms. The standard InChI is InChI=1S/C25H27N3O5/c1-12-9-13(2)20-16(10-12)25(24(32)26-20)19-18(21(27-25)14(3)29)22(30)28(23(19)31)11-15-7-5-6-8-17(15)33-4/h5-10,14,18-19,21,27,29H,11H2,1-4H3,(H,26,32)/t14-,18+,19+,21+,25-/m1/s1. The van der Waals surface area contributed by atoms with E-state index in [1.54, 1.807) is 19.1 Å². The van der Waals surface area contributed by atoms with Crippen molar-refractivity contribution in [3.05, 3.63) is 58.7 Å². The van der Waals surface area contributed by atoms with Gasteiger partial charge in [-0.2, -0.15) is 0 Å². The Morgan fingerprint density at radius 3 is 2.58 bits per heavy atom. The highest BCUT2D eigenvalue weighted by Crippen LogP contribution is 2.54. The molecule has 0 saturated carbocycles. The van der Waals surface area contributed by atoms with Gasteiger partial charge in [0.25, 0.3) is 0 Å². The van der Waals surface area contributed by atoms with Crippen LogP contribution in [0.15, 0.2) is 36.4 Å². The molecule has 5 rings (SSSR count). The topological polar surface area (TPSA) is 108 Å². The predicted molar refractivity (Wildman–Crippen MR) is 120 cm³/mol. The lowest BCUT2D eigenvalue weighted by Crippen LogP contribution is -2.54. The number of likely N-dealkylation sites (tertiary alicyclic amines) is 1. The smallest absolute Gasteiger partial charge is 0.250 e. The van der Waals surface area contributed by atoms with E-state index in [1.807, 2.05) is 38.1 Å².